The number of nitrogens with one attached hydrogen (secondary N) is 1. The van der Waals surface area contributed by atoms with Gasteiger partial charge in [-0.2, -0.15) is 0 Å². The zero-order valence-electron chi connectivity index (χ0n) is 26.9. The first-order valence-electron chi connectivity index (χ1n) is 16.0. The maximum absolute atomic E-state index is 13.1. The van der Waals surface area contributed by atoms with Gasteiger partial charge >= 0.3 is 0 Å². The number of rotatable bonds is 10. The van der Waals surface area contributed by atoms with Crippen molar-refractivity contribution in [1.82, 2.24) is 29.4 Å². The molecule has 2 saturated heterocycles. The van der Waals surface area contributed by atoms with E-state index in [0.717, 1.165) is 66.1 Å². The molecule has 1 N–H and O–H groups in total. The van der Waals surface area contributed by atoms with Crippen molar-refractivity contribution in [3.63, 3.8) is 0 Å². The normalized spacial score (nSPS) is 20.2. The fraction of sp³-hybridized carbons (Fsp3) is 0.429. The van der Waals surface area contributed by atoms with Crippen LogP contribution in [0, 0.1) is 0 Å². The quantitative estimate of drug-likeness (QED) is 0.185. The van der Waals surface area contributed by atoms with Crippen LogP contribution in [0.25, 0.3) is 33.2 Å². The van der Waals surface area contributed by atoms with Crippen molar-refractivity contribution in [1.29, 1.82) is 0 Å². The Bertz CT molecular complexity index is 1920. The highest BCUT2D eigenvalue weighted by molar-refractivity contribution is 8.32. The van der Waals surface area contributed by atoms with Crippen molar-refractivity contribution >= 4 is 49.5 Å². The van der Waals surface area contributed by atoms with Crippen molar-refractivity contribution in [2.75, 3.05) is 36.0 Å². The lowest BCUT2D eigenvalue weighted by atomic mass is 9.97. The van der Waals surface area contributed by atoms with E-state index in [0.29, 0.717) is 47.4 Å². The molecule has 3 atom stereocenters. The van der Waals surface area contributed by atoms with Crippen LogP contribution in [0.3, 0.4) is 0 Å². The third kappa shape index (κ3) is 6.15. The summed E-state index contributed by atoms with van der Waals surface area (Å²) in [5, 5.41) is 4.59. The standard InChI is InChI=1S/C35H42ClN7O2S/c1-41-21-39-29-13-12-27(32(36)31(29)35(41)44)28-20-42(22-45-14-15-46(2,3)4)34-33(28)38-19-30(40-34)43-25-10-11-26(43)17-24(16-25)37-18-23-8-6-5-7-9-23/h5-9,12-13,19-21,24-26,37H,10-11,14-18,22H2,1-4H3/t24?,25-,26+. The molecule has 2 fully saturated rings. The SMILES string of the molecule is Cn1cnc2ccc(-c3cn(COCCS(C)(C)C)c4nc(N5[C@@H]6CC[C@H]5CC(NCc5ccccc5)C6)cnc34)c(Cl)c2c1=O. The molecule has 0 amide bonds. The smallest absolute Gasteiger partial charge is 0.262 e. The van der Waals surface area contributed by atoms with E-state index in [1.807, 2.05) is 29.1 Å². The minimum absolute atomic E-state index is 0.181. The van der Waals surface area contributed by atoms with Gasteiger partial charge in [-0.15, -0.1) is 0 Å². The van der Waals surface area contributed by atoms with E-state index in [1.54, 1.807) is 7.05 Å². The van der Waals surface area contributed by atoms with E-state index >= 15 is 0 Å². The van der Waals surface area contributed by atoms with E-state index < -0.39 is 10.0 Å². The molecule has 7 rings (SSSR count). The highest BCUT2D eigenvalue weighted by Gasteiger charge is 2.41. The Labute approximate surface area is 276 Å². The van der Waals surface area contributed by atoms with Crippen LogP contribution in [0.5, 0.6) is 0 Å². The number of fused-ring (bicyclic) bond motifs is 4. The molecule has 2 bridgehead atoms. The van der Waals surface area contributed by atoms with Crippen LogP contribution in [-0.4, -0.2) is 73.3 Å². The summed E-state index contributed by atoms with van der Waals surface area (Å²) in [6, 6.07) is 15.7. The Hall–Kier alpha value is -3.44. The lowest BCUT2D eigenvalue weighted by Gasteiger charge is -2.40. The van der Waals surface area contributed by atoms with E-state index in [2.05, 4.69) is 64.3 Å². The summed E-state index contributed by atoms with van der Waals surface area (Å²) < 4.78 is 9.69. The van der Waals surface area contributed by atoms with Crippen LogP contribution in [0.1, 0.15) is 31.2 Å². The predicted molar refractivity (Wildman–Crippen MR) is 190 cm³/mol. The van der Waals surface area contributed by atoms with Crippen LogP contribution >= 0.6 is 21.6 Å². The minimum Gasteiger partial charge on any atom is -0.360 e. The van der Waals surface area contributed by atoms with Gasteiger partial charge in [-0.05, 0) is 56.1 Å². The molecule has 2 aromatic carbocycles. The number of piperidine rings is 1. The van der Waals surface area contributed by atoms with Crippen LogP contribution < -0.4 is 15.8 Å². The molecule has 3 aromatic heterocycles. The molecule has 2 aliphatic heterocycles. The van der Waals surface area contributed by atoms with Crippen LogP contribution in [-0.2, 0) is 25.1 Å². The number of hydrogen-bond acceptors (Lipinski definition) is 7. The van der Waals surface area contributed by atoms with Gasteiger partial charge in [-0.1, -0.05) is 48.0 Å². The Balaban J connectivity index is 1.21. The van der Waals surface area contributed by atoms with Crippen LogP contribution in [0.4, 0.5) is 5.82 Å². The Morgan fingerprint density at radius 2 is 1.78 bits per heavy atom. The molecule has 11 heteroatoms. The summed E-state index contributed by atoms with van der Waals surface area (Å²) in [4.78, 5) is 30.3. The maximum Gasteiger partial charge on any atom is 0.262 e. The summed E-state index contributed by atoms with van der Waals surface area (Å²) in [5.74, 6) is 1.94. The summed E-state index contributed by atoms with van der Waals surface area (Å²) in [6.45, 7) is 1.92. The zero-order chi connectivity index (χ0) is 32.0. The molecule has 0 radical (unpaired) electrons. The van der Waals surface area contributed by atoms with Crippen LogP contribution in [0.2, 0.25) is 5.02 Å². The molecule has 0 saturated carbocycles. The highest BCUT2D eigenvalue weighted by Crippen LogP contribution is 2.41. The monoisotopic (exact) mass is 659 g/mol. The number of aromatic nitrogens is 5. The first-order chi connectivity index (χ1) is 22.2. The van der Waals surface area contributed by atoms with Gasteiger partial charge in [0, 0.05) is 54.8 Å². The molecule has 0 spiro atoms. The average Bonchev–Trinajstić information content (AvgIpc) is 3.53. The third-order valence-corrected chi connectivity index (χ3v) is 11.2. The molecular weight excluding hydrogens is 618 g/mol. The van der Waals surface area contributed by atoms with Gasteiger partial charge in [0.2, 0.25) is 0 Å². The number of halogens is 1. The molecule has 2 aliphatic rings. The minimum atomic E-state index is -0.673. The fourth-order valence-electron chi connectivity index (χ4n) is 6.97. The first-order valence-corrected chi connectivity index (χ1v) is 19.4. The zero-order valence-corrected chi connectivity index (χ0v) is 28.5. The molecule has 46 heavy (non-hydrogen) atoms. The molecule has 9 nitrogen and oxygen atoms in total. The summed E-state index contributed by atoms with van der Waals surface area (Å²) >= 11 is 6.96. The first kappa shape index (κ1) is 31.2. The van der Waals surface area contributed by atoms with Gasteiger partial charge in [0.05, 0.1) is 35.1 Å². The number of benzene rings is 2. The van der Waals surface area contributed by atoms with E-state index in [4.69, 9.17) is 26.3 Å². The molecule has 242 valence electrons. The average molecular weight is 660 g/mol. The number of nitrogens with zero attached hydrogens (tertiary/aromatic N) is 6. The van der Waals surface area contributed by atoms with Crippen molar-refractivity contribution in [2.24, 2.45) is 7.05 Å². The number of ether oxygens (including phenoxy) is 1. The van der Waals surface area contributed by atoms with Crippen LogP contribution in [0.15, 0.2) is 66.0 Å². The Morgan fingerprint density at radius 3 is 2.52 bits per heavy atom. The number of anilines is 1. The topological polar surface area (TPSA) is 90.1 Å². The van der Waals surface area contributed by atoms with Gasteiger partial charge in [-0.3, -0.25) is 4.79 Å². The van der Waals surface area contributed by atoms with E-state index in [-0.39, 0.29) is 5.56 Å². The second-order valence-electron chi connectivity index (χ2n) is 13.6. The lowest BCUT2D eigenvalue weighted by molar-refractivity contribution is 0.0924. The lowest BCUT2D eigenvalue weighted by Crippen LogP contribution is -2.49. The van der Waals surface area contributed by atoms with Gasteiger partial charge in [-0.25, -0.2) is 25.0 Å². The van der Waals surface area contributed by atoms with Gasteiger partial charge in [0.25, 0.3) is 5.56 Å². The van der Waals surface area contributed by atoms with Gasteiger partial charge < -0.3 is 24.1 Å². The highest BCUT2D eigenvalue weighted by atomic mass is 35.5. The third-order valence-electron chi connectivity index (χ3n) is 9.37. The van der Waals surface area contributed by atoms with Crippen molar-refractivity contribution in [3.8, 4) is 11.1 Å². The largest absolute Gasteiger partial charge is 0.360 e. The summed E-state index contributed by atoms with van der Waals surface area (Å²) in [6.07, 6.45) is 16.8. The molecule has 5 heterocycles. The number of hydrogen-bond donors (Lipinski definition) is 1. The summed E-state index contributed by atoms with van der Waals surface area (Å²) in [7, 11) is 1.01. The van der Waals surface area contributed by atoms with Crippen molar-refractivity contribution in [3.05, 3.63) is 82.1 Å². The van der Waals surface area contributed by atoms with E-state index in [1.165, 1.54) is 16.5 Å². The number of aryl methyl sites for hydroxylation is 1. The second kappa shape index (κ2) is 12.6. The fourth-order valence-corrected chi connectivity index (χ4v) is 7.93. The van der Waals surface area contributed by atoms with Gasteiger partial charge in [0.1, 0.15) is 18.1 Å². The van der Waals surface area contributed by atoms with Crippen molar-refractivity contribution < 1.29 is 4.74 Å². The van der Waals surface area contributed by atoms with Gasteiger partial charge in [0.15, 0.2) is 5.65 Å². The maximum atomic E-state index is 13.1. The Kier molecular flexibility index (Phi) is 8.56. The Morgan fingerprint density at radius 1 is 1.02 bits per heavy atom. The van der Waals surface area contributed by atoms with E-state index in [9.17, 15) is 4.79 Å². The predicted octanol–water partition coefficient (Wildman–Crippen LogP) is 5.96. The molecule has 0 aliphatic carbocycles. The second-order valence-corrected chi connectivity index (χ2v) is 18.5. The molecule has 5 aromatic rings. The van der Waals surface area contributed by atoms with Crippen molar-refractivity contribution in [2.45, 2.75) is 57.1 Å². The molecular formula is C35H42ClN7O2S. The molecule has 1 unspecified atom stereocenters. The summed E-state index contributed by atoms with van der Waals surface area (Å²) in [5.41, 5.74) is 4.76.